The van der Waals surface area contributed by atoms with E-state index in [1.54, 1.807) is 0 Å². The fourth-order valence-corrected chi connectivity index (χ4v) is 2.21. The quantitative estimate of drug-likeness (QED) is 0.655. The first kappa shape index (κ1) is 8.49. The summed E-state index contributed by atoms with van der Waals surface area (Å²) in [4.78, 5) is 7.42. The number of nitrogens with zero attached hydrogens (tertiary/aromatic N) is 1. The third-order valence-corrected chi connectivity index (χ3v) is 3.04. The Morgan fingerprint density at radius 3 is 3.00 bits per heavy atom. The van der Waals surface area contributed by atoms with Gasteiger partial charge in [-0.3, -0.25) is 0 Å². The number of aromatic nitrogens is 2. The fraction of sp³-hybridized carbons (Fsp3) is 0. The molecule has 0 saturated carbocycles. The smallest absolute Gasteiger partial charge is 0.180 e. The molecule has 3 rings (SSSR count). The lowest BCUT2D eigenvalue weighted by molar-refractivity contribution is 1.41. The highest BCUT2D eigenvalue weighted by molar-refractivity contribution is 7.13. The molecule has 2 heterocycles. The highest BCUT2D eigenvalue weighted by atomic mass is 32.1. The predicted molar refractivity (Wildman–Crippen MR) is 63.8 cm³/mol. The number of rotatable bonds is 1. The Balaban J connectivity index is 2.18. The van der Waals surface area contributed by atoms with E-state index in [1.165, 1.54) is 16.7 Å². The van der Waals surface area contributed by atoms with E-state index in [0.29, 0.717) is 5.13 Å². The molecule has 0 radical (unpaired) electrons. The number of aromatic amines is 1. The van der Waals surface area contributed by atoms with Gasteiger partial charge in [-0.15, -0.1) is 11.3 Å². The molecule has 1 aromatic carbocycles. The topological polar surface area (TPSA) is 54.7 Å². The SMILES string of the molecule is Nc1nc(-c2ccc3[nH]ccc3c2)cs1. The molecule has 0 amide bonds. The number of nitrogens with two attached hydrogens (primary N) is 1. The van der Waals surface area contributed by atoms with Crippen LogP contribution >= 0.6 is 11.3 Å². The predicted octanol–water partition coefficient (Wildman–Crippen LogP) is 2.87. The van der Waals surface area contributed by atoms with E-state index in [1.807, 2.05) is 17.6 Å². The standard InChI is InChI=1S/C11H9N3S/c12-11-14-10(6-15-11)7-1-2-9-8(5-7)3-4-13-9/h1-6,13H,(H2,12,14). The van der Waals surface area contributed by atoms with Gasteiger partial charge in [0.2, 0.25) is 0 Å². The Morgan fingerprint density at radius 1 is 1.27 bits per heavy atom. The first-order valence-electron chi connectivity index (χ1n) is 4.61. The number of anilines is 1. The Hall–Kier alpha value is -1.81. The lowest BCUT2D eigenvalue weighted by Crippen LogP contribution is -1.82. The molecule has 74 valence electrons. The van der Waals surface area contributed by atoms with Gasteiger partial charge in [0, 0.05) is 28.0 Å². The largest absolute Gasteiger partial charge is 0.375 e. The summed E-state index contributed by atoms with van der Waals surface area (Å²) in [7, 11) is 0. The molecule has 0 spiro atoms. The van der Waals surface area contributed by atoms with E-state index >= 15 is 0 Å². The van der Waals surface area contributed by atoms with Gasteiger partial charge in [0.05, 0.1) is 5.69 Å². The molecule has 0 aliphatic rings. The second kappa shape index (κ2) is 3.10. The second-order valence-corrected chi connectivity index (χ2v) is 4.24. The third-order valence-electron chi connectivity index (χ3n) is 2.37. The normalized spacial score (nSPS) is 10.9. The third kappa shape index (κ3) is 1.39. The average Bonchev–Trinajstić information content (AvgIpc) is 2.84. The Bertz CT molecular complexity index is 609. The van der Waals surface area contributed by atoms with Crippen LogP contribution in [-0.2, 0) is 0 Å². The lowest BCUT2D eigenvalue weighted by Gasteiger charge is -1.96. The molecule has 3 nitrogen and oxygen atoms in total. The van der Waals surface area contributed by atoms with Gasteiger partial charge in [-0.2, -0.15) is 0 Å². The molecule has 0 aliphatic carbocycles. The van der Waals surface area contributed by atoms with Crippen LogP contribution in [0.5, 0.6) is 0 Å². The zero-order valence-corrected chi connectivity index (χ0v) is 8.71. The molecule has 0 aliphatic heterocycles. The minimum Gasteiger partial charge on any atom is -0.375 e. The molecule has 3 aromatic rings. The van der Waals surface area contributed by atoms with Gasteiger partial charge in [-0.05, 0) is 18.2 Å². The van der Waals surface area contributed by atoms with Crippen molar-refractivity contribution in [2.75, 3.05) is 5.73 Å². The van der Waals surface area contributed by atoms with E-state index < -0.39 is 0 Å². The van der Waals surface area contributed by atoms with Crippen LogP contribution in [0.1, 0.15) is 0 Å². The van der Waals surface area contributed by atoms with Crippen molar-refractivity contribution in [2.24, 2.45) is 0 Å². The van der Waals surface area contributed by atoms with Crippen LogP contribution in [0.3, 0.4) is 0 Å². The van der Waals surface area contributed by atoms with Gasteiger partial charge in [0.1, 0.15) is 0 Å². The van der Waals surface area contributed by atoms with Crippen LogP contribution < -0.4 is 5.73 Å². The van der Waals surface area contributed by atoms with Crippen LogP contribution in [0.25, 0.3) is 22.2 Å². The highest BCUT2D eigenvalue weighted by Gasteiger charge is 2.03. The van der Waals surface area contributed by atoms with Gasteiger partial charge in [0.25, 0.3) is 0 Å². The number of thiazole rings is 1. The number of hydrogen-bond acceptors (Lipinski definition) is 3. The highest BCUT2D eigenvalue weighted by Crippen LogP contribution is 2.25. The summed E-state index contributed by atoms with van der Waals surface area (Å²) < 4.78 is 0. The van der Waals surface area contributed by atoms with E-state index in [9.17, 15) is 0 Å². The fourth-order valence-electron chi connectivity index (χ4n) is 1.63. The van der Waals surface area contributed by atoms with Gasteiger partial charge < -0.3 is 10.7 Å². The first-order valence-corrected chi connectivity index (χ1v) is 5.49. The summed E-state index contributed by atoms with van der Waals surface area (Å²) in [5.41, 5.74) is 8.80. The summed E-state index contributed by atoms with van der Waals surface area (Å²) in [6, 6.07) is 8.27. The van der Waals surface area contributed by atoms with Gasteiger partial charge in [-0.1, -0.05) is 6.07 Å². The van der Waals surface area contributed by atoms with E-state index in [2.05, 4.69) is 28.2 Å². The molecule has 0 bridgehead atoms. The summed E-state index contributed by atoms with van der Waals surface area (Å²) >= 11 is 1.47. The number of benzene rings is 1. The zero-order valence-electron chi connectivity index (χ0n) is 7.90. The second-order valence-electron chi connectivity index (χ2n) is 3.35. The maximum Gasteiger partial charge on any atom is 0.180 e. The summed E-state index contributed by atoms with van der Waals surface area (Å²) in [5.74, 6) is 0. The van der Waals surface area contributed by atoms with Crippen LogP contribution in [0, 0.1) is 0 Å². The van der Waals surface area contributed by atoms with Crippen molar-refractivity contribution >= 4 is 27.4 Å². The minimum atomic E-state index is 0.610. The molecule has 0 unspecified atom stereocenters. The van der Waals surface area contributed by atoms with Gasteiger partial charge in [0.15, 0.2) is 5.13 Å². The number of H-pyrrole nitrogens is 1. The summed E-state index contributed by atoms with van der Waals surface area (Å²) in [5, 5.41) is 3.78. The molecular weight excluding hydrogens is 206 g/mol. The zero-order chi connectivity index (χ0) is 10.3. The molecule has 0 atom stereocenters. The molecule has 0 fully saturated rings. The van der Waals surface area contributed by atoms with Gasteiger partial charge in [-0.25, -0.2) is 4.98 Å². The Morgan fingerprint density at radius 2 is 2.20 bits per heavy atom. The van der Waals surface area contributed by atoms with Crippen LogP contribution in [-0.4, -0.2) is 9.97 Å². The molecular formula is C11H9N3S. The van der Waals surface area contributed by atoms with Crippen molar-refractivity contribution in [3.8, 4) is 11.3 Å². The number of fused-ring (bicyclic) bond motifs is 1. The Kier molecular flexibility index (Phi) is 1.76. The van der Waals surface area contributed by atoms with Crippen LogP contribution in [0.4, 0.5) is 5.13 Å². The maximum absolute atomic E-state index is 5.61. The monoisotopic (exact) mass is 215 g/mol. The first-order chi connectivity index (χ1) is 7.33. The van der Waals surface area contributed by atoms with Crippen molar-refractivity contribution in [1.29, 1.82) is 0 Å². The van der Waals surface area contributed by atoms with E-state index in [-0.39, 0.29) is 0 Å². The lowest BCUT2D eigenvalue weighted by atomic mass is 10.1. The molecule has 3 N–H and O–H groups in total. The number of hydrogen-bond donors (Lipinski definition) is 2. The molecule has 2 aromatic heterocycles. The average molecular weight is 215 g/mol. The van der Waals surface area contributed by atoms with E-state index in [0.717, 1.165) is 16.8 Å². The number of nitrogen functional groups attached to an aromatic ring is 1. The van der Waals surface area contributed by atoms with Crippen molar-refractivity contribution in [3.05, 3.63) is 35.8 Å². The number of nitrogens with one attached hydrogen (secondary N) is 1. The van der Waals surface area contributed by atoms with Crippen LogP contribution in [0.2, 0.25) is 0 Å². The summed E-state index contributed by atoms with van der Waals surface area (Å²) in [6.07, 6.45) is 1.93. The van der Waals surface area contributed by atoms with Gasteiger partial charge >= 0.3 is 0 Å². The van der Waals surface area contributed by atoms with Crippen molar-refractivity contribution < 1.29 is 0 Å². The van der Waals surface area contributed by atoms with Crippen molar-refractivity contribution in [3.63, 3.8) is 0 Å². The van der Waals surface area contributed by atoms with Crippen molar-refractivity contribution in [1.82, 2.24) is 9.97 Å². The summed E-state index contributed by atoms with van der Waals surface area (Å²) in [6.45, 7) is 0. The molecule has 15 heavy (non-hydrogen) atoms. The van der Waals surface area contributed by atoms with Crippen LogP contribution in [0.15, 0.2) is 35.8 Å². The Labute approximate surface area is 90.6 Å². The van der Waals surface area contributed by atoms with E-state index in [4.69, 9.17) is 5.73 Å². The van der Waals surface area contributed by atoms with Crippen molar-refractivity contribution in [2.45, 2.75) is 0 Å². The minimum absolute atomic E-state index is 0.610. The maximum atomic E-state index is 5.61. The molecule has 4 heteroatoms. The molecule has 0 saturated heterocycles.